The number of aryl methyl sites for hydroxylation is 1. The summed E-state index contributed by atoms with van der Waals surface area (Å²) >= 11 is 1.33. The molecule has 2 aromatic carbocycles. The monoisotopic (exact) mass is 412 g/mol. The minimum atomic E-state index is -0.266. The lowest BCUT2D eigenvalue weighted by atomic mass is 10.2. The molecule has 29 heavy (non-hydrogen) atoms. The summed E-state index contributed by atoms with van der Waals surface area (Å²) < 4.78 is 12.9. The van der Waals surface area contributed by atoms with Crippen molar-refractivity contribution in [3.05, 3.63) is 59.9 Å². The van der Waals surface area contributed by atoms with Gasteiger partial charge in [0.15, 0.2) is 17.1 Å². The van der Waals surface area contributed by atoms with Crippen LogP contribution in [0.15, 0.2) is 53.7 Å². The number of amides is 1. The molecular weight excluding hydrogens is 388 g/mol. The Labute approximate surface area is 174 Å². The lowest BCUT2D eigenvalue weighted by Crippen LogP contribution is -2.14. The number of nitrogens with one attached hydrogen (secondary N) is 1. The summed E-state index contributed by atoms with van der Waals surface area (Å²) in [6.07, 6.45) is -0.266. The number of hydrogen-bond donors (Lipinski definition) is 1. The van der Waals surface area contributed by atoms with Crippen molar-refractivity contribution in [1.29, 1.82) is 0 Å². The summed E-state index contributed by atoms with van der Waals surface area (Å²) in [6, 6.07) is 15.1. The predicted molar refractivity (Wildman–Crippen MR) is 114 cm³/mol. The van der Waals surface area contributed by atoms with E-state index in [1.165, 1.54) is 17.3 Å². The third kappa shape index (κ3) is 5.51. The van der Waals surface area contributed by atoms with Gasteiger partial charge in [-0.1, -0.05) is 29.5 Å². The maximum atomic E-state index is 12.2. The van der Waals surface area contributed by atoms with Crippen molar-refractivity contribution >= 4 is 23.4 Å². The molecule has 3 aromatic rings. The Morgan fingerprint density at radius 2 is 1.76 bits per heavy atom. The van der Waals surface area contributed by atoms with E-state index in [2.05, 4.69) is 15.5 Å². The minimum Gasteiger partial charge on any atom is -0.497 e. The molecule has 1 unspecified atom stereocenters. The smallest absolute Gasteiger partial charge is 0.234 e. The SMILES string of the molecule is COc1ccc(NC(=O)CSc2nnc(C(C)Oc3ccc(C)cc3)n2C)cc1. The molecule has 8 heteroatoms. The maximum Gasteiger partial charge on any atom is 0.234 e. The normalized spacial score (nSPS) is 11.7. The molecule has 0 aliphatic rings. The molecule has 0 aliphatic carbocycles. The Bertz CT molecular complexity index is 955. The summed E-state index contributed by atoms with van der Waals surface area (Å²) in [5, 5.41) is 11.9. The molecule has 7 nitrogen and oxygen atoms in total. The maximum absolute atomic E-state index is 12.2. The molecule has 1 amide bonds. The highest BCUT2D eigenvalue weighted by Crippen LogP contribution is 2.24. The van der Waals surface area contributed by atoms with Gasteiger partial charge in [0.25, 0.3) is 0 Å². The molecule has 0 saturated heterocycles. The van der Waals surface area contributed by atoms with E-state index in [-0.39, 0.29) is 17.8 Å². The number of nitrogens with zero attached hydrogens (tertiary/aromatic N) is 3. The fourth-order valence-corrected chi connectivity index (χ4v) is 3.40. The molecule has 0 radical (unpaired) electrons. The van der Waals surface area contributed by atoms with E-state index in [9.17, 15) is 4.79 Å². The molecule has 0 spiro atoms. The Hall–Kier alpha value is -3.00. The van der Waals surface area contributed by atoms with Gasteiger partial charge in [-0.05, 0) is 50.2 Å². The zero-order valence-electron chi connectivity index (χ0n) is 16.9. The van der Waals surface area contributed by atoms with Gasteiger partial charge in [0, 0.05) is 12.7 Å². The van der Waals surface area contributed by atoms with Crippen LogP contribution in [-0.4, -0.2) is 33.5 Å². The zero-order chi connectivity index (χ0) is 20.8. The number of rotatable bonds is 8. The van der Waals surface area contributed by atoms with E-state index < -0.39 is 0 Å². The van der Waals surface area contributed by atoms with Crippen LogP contribution in [0.2, 0.25) is 0 Å². The third-order valence-electron chi connectivity index (χ3n) is 4.27. The van der Waals surface area contributed by atoms with Crippen molar-refractivity contribution < 1.29 is 14.3 Å². The first-order valence-electron chi connectivity index (χ1n) is 9.15. The first-order chi connectivity index (χ1) is 14.0. The van der Waals surface area contributed by atoms with E-state index in [0.717, 1.165) is 17.2 Å². The van der Waals surface area contributed by atoms with Crippen LogP contribution < -0.4 is 14.8 Å². The highest BCUT2D eigenvalue weighted by atomic mass is 32.2. The van der Waals surface area contributed by atoms with Gasteiger partial charge in [0.2, 0.25) is 5.91 Å². The molecule has 0 fully saturated rings. The second-order valence-corrected chi connectivity index (χ2v) is 7.48. The summed E-state index contributed by atoms with van der Waals surface area (Å²) in [4.78, 5) is 12.2. The quantitative estimate of drug-likeness (QED) is 0.564. The van der Waals surface area contributed by atoms with Crippen LogP contribution in [0.3, 0.4) is 0 Å². The summed E-state index contributed by atoms with van der Waals surface area (Å²) in [5.41, 5.74) is 1.89. The molecule has 152 valence electrons. The number of anilines is 1. The highest BCUT2D eigenvalue weighted by molar-refractivity contribution is 7.99. The average molecular weight is 413 g/mol. The second-order valence-electron chi connectivity index (χ2n) is 6.54. The van der Waals surface area contributed by atoms with Crippen LogP contribution in [0, 0.1) is 6.92 Å². The van der Waals surface area contributed by atoms with Crippen molar-refractivity contribution in [2.45, 2.75) is 25.1 Å². The molecule has 0 bridgehead atoms. The van der Waals surface area contributed by atoms with Crippen molar-refractivity contribution in [1.82, 2.24) is 14.8 Å². The fraction of sp³-hybridized carbons (Fsp3) is 0.286. The van der Waals surface area contributed by atoms with E-state index in [1.807, 2.05) is 49.7 Å². The molecule has 1 atom stereocenters. The first-order valence-corrected chi connectivity index (χ1v) is 10.1. The van der Waals surface area contributed by atoms with Crippen molar-refractivity contribution in [3.63, 3.8) is 0 Å². The van der Waals surface area contributed by atoms with Gasteiger partial charge < -0.3 is 19.4 Å². The van der Waals surface area contributed by atoms with E-state index >= 15 is 0 Å². The number of carbonyl (C=O) groups excluding carboxylic acids is 1. The van der Waals surface area contributed by atoms with Crippen LogP contribution in [0.1, 0.15) is 24.4 Å². The van der Waals surface area contributed by atoms with Gasteiger partial charge >= 0.3 is 0 Å². The van der Waals surface area contributed by atoms with Gasteiger partial charge in [-0.3, -0.25) is 4.79 Å². The minimum absolute atomic E-state index is 0.117. The Morgan fingerprint density at radius 3 is 2.41 bits per heavy atom. The molecule has 1 aromatic heterocycles. The van der Waals surface area contributed by atoms with E-state index in [1.54, 1.807) is 31.4 Å². The summed E-state index contributed by atoms with van der Waals surface area (Å²) in [6.45, 7) is 3.96. The molecule has 0 saturated carbocycles. The summed E-state index contributed by atoms with van der Waals surface area (Å²) in [7, 11) is 3.47. The number of methoxy groups -OCH3 is 1. The molecule has 1 heterocycles. The molecule has 3 rings (SSSR count). The standard InChI is InChI=1S/C21H24N4O3S/c1-14-5-9-18(10-6-14)28-15(2)20-23-24-21(25(20)3)29-13-19(26)22-16-7-11-17(27-4)12-8-16/h5-12,15H,13H2,1-4H3,(H,22,26). The van der Waals surface area contributed by atoms with Crippen LogP contribution in [-0.2, 0) is 11.8 Å². The number of hydrogen-bond acceptors (Lipinski definition) is 6. The highest BCUT2D eigenvalue weighted by Gasteiger charge is 2.18. The van der Waals surface area contributed by atoms with Crippen LogP contribution in [0.25, 0.3) is 0 Å². The van der Waals surface area contributed by atoms with Crippen molar-refractivity contribution in [3.8, 4) is 11.5 Å². The van der Waals surface area contributed by atoms with E-state index in [4.69, 9.17) is 9.47 Å². The van der Waals surface area contributed by atoms with E-state index in [0.29, 0.717) is 11.0 Å². The number of aromatic nitrogens is 3. The molecular formula is C21H24N4O3S. The van der Waals surface area contributed by atoms with Crippen molar-refractivity contribution in [2.75, 3.05) is 18.2 Å². The predicted octanol–water partition coefficient (Wildman–Crippen LogP) is 4.00. The van der Waals surface area contributed by atoms with Gasteiger partial charge in [-0.15, -0.1) is 10.2 Å². The second kappa shape index (κ2) is 9.47. The Balaban J connectivity index is 1.55. The van der Waals surface area contributed by atoms with Crippen LogP contribution in [0.4, 0.5) is 5.69 Å². The van der Waals surface area contributed by atoms with Crippen LogP contribution >= 0.6 is 11.8 Å². The largest absolute Gasteiger partial charge is 0.497 e. The lowest BCUT2D eigenvalue weighted by molar-refractivity contribution is -0.113. The Morgan fingerprint density at radius 1 is 1.10 bits per heavy atom. The number of carbonyl (C=O) groups is 1. The number of thioether (sulfide) groups is 1. The zero-order valence-corrected chi connectivity index (χ0v) is 17.7. The fourth-order valence-electron chi connectivity index (χ4n) is 2.68. The van der Waals surface area contributed by atoms with Gasteiger partial charge in [0.1, 0.15) is 11.5 Å². The first kappa shape index (κ1) is 20.7. The molecule has 1 N–H and O–H groups in total. The van der Waals surface area contributed by atoms with Gasteiger partial charge in [-0.25, -0.2) is 0 Å². The van der Waals surface area contributed by atoms with Gasteiger partial charge in [0.05, 0.1) is 12.9 Å². The summed E-state index contributed by atoms with van der Waals surface area (Å²) in [5.74, 6) is 2.33. The van der Waals surface area contributed by atoms with Gasteiger partial charge in [-0.2, -0.15) is 0 Å². The third-order valence-corrected chi connectivity index (χ3v) is 5.29. The number of benzene rings is 2. The van der Waals surface area contributed by atoms with Crippen molar-refractivity contribution in [2.24, 2.45) is 7.05 Å². The van der Waals surface area contributed by atoms with Crippen LogP contribution in [0.5, 0.6) is 11.5 Å². The Kier molecular flexibility index (Phi) is 6.77. The average Bonchev–Trinajstić information content (AvgIpc) is 3.09. The molecule has 0 aliphatic heterocycles. The lowest BCUT2D eigenvalue weighted by Gasteiger charge is -2.14. The topological polar surface area (TPSA) is 78.3 Å². The number of ether oxygens (including phenoxy) is 2.